The van der Waals surface area contributed by atoms with Crippen LogP contribution in [0.5, 0.6) is 0 Å². The number of rotatable bonds is 4. The summed E-state index contributed by atoms with van der Waals surface area (Å²) in [5.41, 5.74) is 0. The third kappa shape index (κ3) is 5.65. The summed E-state index contributed by atoms with van der Waals surface area (Å²) in [6, 6.07) is 2.11. The van der Waals surface area contributed by atoms with Crippen LogP contribution in [-0.4, -0.2) is 56.9 Å². The van der Waals surface area contributed by atoms with Gasteiger partial charge in [0.2, 0.25) is 5.91 Å². The van der Waals surface area contributed by atoms with Crippen molar-refractivity contribution in [2.45, 2.75) is 18.9 Å². The van der Waals surface area contributed by atoms with Crippen molar-refractivity contribution in [3.63, 3.8) is 0 Å². The van der Waals surface area contributed by atoms with Crippen LogP contribution < -0.4 is 5.32 Å². The Morgan fingerprint density at radius 1 is 1.47 bits per heavy atom. The van der Waals surface area contributed by atoms with Gasteiger partial charge in [0.25, 0.3) is 0 Å². The number of carbonyl (C=O) groups excluding carboxylic acids is 1. The zero-order valence-corrected chi connectivity index (χ0v) is 10.7. The first-order chi connectivity index (χ1) is 7.90. The summed E-state index contributed by atoms with van der Waals surface area (Å²) < 4.78 is 21.8. The van der Waals surface area contributed by atoms with Crippen molar-refractivity contribution in [1.29, 1.82) is 5.26 Å². The van der Waals surface area contributed by atoms with Crippen LogP contribution in [0.15, 0.2) is 0 Å². The van der Waals surface area contributed by atoms with Crippen LogP contribution in [0.1, 0.15) is 12.8 Å². The number of nitrogens with zero attached hydrogens (tertiary/aromatic N) is 2. The third-order valence-electron chi connectivity index (χ3n) is 2.64. The van der Waals surface area contributed by atoms with E-state index in [1.54, 1.807) is 0 Å². The second kappa shape index (κ2) is 5.98. The van der Waals surface area contributed by atoms with Gasteiger partial charge in [-0.15, -0.1) is 0 Å². The van der Waals surface area contributed by atoms with E-state index < -0.39 is 21.5 Å². The topological polar surface area (TPSA) is 90.3 Å². The fourth-order valence-electron chi connectivity index (χ4n) is 1.84. The van der Waals surface area contributed by atoms with Crippen LogP contribution in [0.4, 0.5) is 0 Å². The molecule has 1 heterocycles. The fraction of sp³-hybridized carbons (Fsp3) is 0.800. The third-order valence-corrected chi connectivity index (χ3v) is 3.43. The van der Waals surface area contributed by atoms with Gasteiger partial charge >= 0.3 is 0 Å². The highest BCUT2D eigenvalue weighted by molar-refractivity contribution is 7.91. The molecule has 0 aromatic heterocycles. The minimum absolute atomic E-state index is 0.0270. The molecule has 0 radical (unpaired) electrons. The van der Waals surface area contributed by atoms with E-state index in [0.29, 0.717) is 6.54 Å². The molecular formula is C10H17N3O3S. The van der Waals surface area contributed by atoms with E-state index in [9.17, 15) is 13.2 Å². The standard InChI is InChI=1S/C10H17N3O3S/c1-17(15,16)8-10(14)12-9-2-5-13(6-3-9)7-4-11/h9H,2-3,5-8H2,1H3,(H,12,14). The van der Waals surface area contributed by atoms with Gasteiger partial charge in [-0.25, -0.2) is 8.42 Å². The average Bonchev–Trinajstić information content (AvgIpc) is 2.18. The second-order valence-electron chi connectivity index (χ2n) is 4.35. The molecule has 1 N–H and O–H groups in total. The molecular weight excluding hydrogens is 242 g/mol. The Balaban J connectivity index is 2.31. The molecule has 0 bridgehead atoms. The van der Waals surface area contributed by atoms with Gasteiger partial charge < -0.3 is 5.32 Å². The quantitative estimate of drug-likeness (QED) is 0.663. The summed E-state index contributed by atoms with van der Waals surface area (Å²) in [5, 5.41) is 11.2. The maximum atomic E-state index is 11.4. The molecule has 0 aromatic carbocycles. The van der Waals surface area contributed by atoms with Crippen molar-refractivity contribution in [2.24, 2.45) is 0 Å². The Hall–Kier alpha value is -1.13. The minimum Gasteiger partial charge on any atom is -0.352 e. The largest absolute Gasteiger partial charge is 0.352 e. The number of amides is 1. The molecule has 1 amide bonds. The molecule has 0 spiro atoms. The number of sulfone groups is 1. The molecule has 1 aliphatic heterocycles. The summed E-state index contributed by atoms with van der Waals surface area (Å²) in [6.45, 7) is 1.93. The van der Waals surface area contributed by atoms with Gasteiger partial charge in [-0.2, -0.15) is 5.26 Å². The average molecular weight is 259 g/mol. The highest BCUT2D eigenvalue weighted by atomic mass is 32.2. The molecule has 17 heavy (non-hydrogen) atoms. The van der Waals surface area contributed by atoms with E-state index in [4.69, 9.17) is 5.26 Å². The van der Waals surface area contributed by atoms with Gasteiger partial charge in [0.1, 0.15) is 5.75 Å². The zero-order chi connectivity index (χ0) is 12.9. The summed E-state index contributed by atoms with van der Waals surface area (Å²) in [4.78, 5) is 13.4. The van der Waals surface area contributed by atoms with E-state index in [1.165, 1.54) is 0 Å². The van der Waals surface area contributed by atoms with Crippen molar-refractivity contribution >= 4 is 15.7 Å². The molecule has 0 saturated carbocycles. The molecule has 1 aliphatic rings. The number of piperidine rings is 1. The summed E-state index contributed by atoms with van der Waals surface area (Å²) in [5.74, 6) is -0.892. The first kappa shape index (κ1) is 13.9. The zero-order valence-electron chi connectivity index (χ0n) is 9.85. The van der Waals surface area contributed by atoms with Crippen molar-refractivity contribution in [1.82, 2.24) is 10.2 Å². The monoisotopic (exact) mass is 259 g/mol. The maximum Gasteiger partial charge on any atom is 0.235 e. The highest BCUT2D eigenvalue weighted by Crippen LogP contribution is 2.09. The van der Waals surface area contributed by atoms with Crippen LogP contribution in [-0.2, 0) is 14.6 Å². The Bertz CT molecular complexity index is 405. The smallest absolute Gasteiger partial charge is 0.235 e. The lowest BCUT2D eigenvalue weighted by atomic mass is 10.1. The van der Waals surface area contributed by atoms with Gasteiger partial charge in [0.05, 0.1) is 12.6 Å². The van der Waals surface area contributed by atoms with Crippen molar-refractivity contribution in [3.05, 3.63) is 0 Å². The minimum atomic E-state index is -3.26. The first-order valence-corrected chi connectivity index (χ1v) is 7.53. The molecule has 0 aromatic rings. The molecule has 1 saturated heterocycles. The van der Waals surface area contributed by atoms with Crippen LogP contribution in [0.2, 0.25) is 0 Å². The van der Waals surface area contributed by atoms with E-state index in [2.05, 4.69) is 11.4 Å². The molecule has 6 nitrogen and oxygen atoms in total. The fourth-order valence-corrected chi connectivity index (χ4v) is 2.40. The Morgan fingerprint density at radius 2 is 2.06 bits per heavy atom. The first-order valence-electron chi connectivity index (χ1n) is 5.47. The van der Waals surface area contributed by atoms with E-state index in [0.717, 1.165) is 32.2 Å². The molecule has 0 aliphatic carbocycles. The number of likely N-dealkylation sites (tertiary alicyclic amines) is 1. The Labute approximate surface area is 102 Å². The van der Waals surface area contributed by atoms with E-state index in [-0.39, 0.29) is 6.04 Å². The van der Waals surface area contributed by atoms with Crippen molar-refractivity contribution < 1.29 is 13.2 Å². The van der Waals surface area contributed by atoms with E-state index >= 15 is 0 Å². The van der Waals surface area contributed by atoms with Crippen molar-refractivity contribution in [3.8, 4) is 6.07 Å². The maximum absolute atomic E-state index is 11.4. The van der Waals surface area contributed by atoms with Crippen LogP contribution >= 0.6 is 0 Å². The van der Waals surface area contributed by atoms with Gasteiger partial charge in [-0.05, 0) is 12.8 Å². The lowest BCUT2D eigenvalue weighted by molar-refractivity contribution is -0.119. The van der Waals surface area contributed by atoms with Gasteiger partial charge in [0.15, 0.2) is 9.84 Å². The summed E-state index contributed by atoms with van der Waals surface area (Å²) >= 11 is 0. The second-order valence-corrected chi connectivity index (χ2v) is 6.49. The molecule has 1 rings (SSSR count). The number of nitrogens with one attached hydrogen (secondary N) is 1. The van der Waals surface area contributed by atoms with Crippen LogP contribution in [0.25, 0.3) is 0 Å². The number of carbonyl (C=O) groups is 1. The van der Waals surface area contributed by atoms with Gasteiger partial charge in [0, 0.05) is 25.4 Å². The molecule has 0 unspecified atom stereocenters. The lowest BCUT2D eigenvalue weighted by Gasteiger charge is -2.30. The predicted molar refractivity (Wildman–Crippen MR) is 62.9 cm³/mol. The predicted octanol–water partition coefficient (Wildman–Crippen LogP) is -0.865. The van der Waals surface area contributed by atoms with Crippen LogP contribution in [0, 0.1) is 11.3 Å². The number of hydrogen-bond donors (Lipinski definition) is 1. The summed E-state index contributed by atoms with van der Waals surface area (Å²) in [7, 11) is -3.26. The van der Waals surface area contributed by atoms with E-state index in [1.807, 2.05) is 4.90 Å². The Morgan fingerprint density at radius 3 is 2.53 bits per heavy atom. The highest BCUT2D eigenvalue weighted by Gasteiger charge is 2.21. The molecule has 0 atom stereocenters. The van der Waals surface area contributed by atoms with Gasteiger partial charge in [-0.3, -0.25) is 9.69 Å². The number of nitriles is 1. The van der Waals surface area contributed by atoms with Crippen LogP contribution in [0.3, 0.4) is 0 Å². The van der Waals surface area contributed by atoms with Gasteiger partial charge in [-0.1, -0.05) is 0 Å². The molecule has 7 heteroatoms. The van der Waals surface area contributed by atoms with Crippen molar-refractivity contribution in [2.75, 3.05) is 31.6 Å². The SMILES string of the molecule is CS(=O)(=O)CC(=O)NC1CCN(CC#N)CC1. The molecule has 96 valence electrons. The lowest BCUT2D eigenvalue weighted by Crippen LogP contribution is -2.46. The number of hydrogen-bond acceptors (Lipinski definition) is 5. The molecule has 1 fully saturated rings. The Kier molecular flexibility index (Phi) is 4.90. The summed E-state index contributed by atoms with van der Waals surface area (Å²) in [6.07, 6.45) is 2.57. The normalized spacial score (nSPS) is 18.6.